The second-order valence-corrected chi connectivity index (χ2v) is 7.16. The lowest BCUT2D eigenvalue weighted by Crippen LogP contribution is -2.26. The van der Waals surface area contributed by atoms with Crippen molar-refractivity contribution in [1.29, 1.82) is 0 Å². The van der Waals surface area contributed by atoms with Crippen molar-refractivity contribution in [3.63, 3.8) is 0 Å². The Hall–Kier alpha value is -0.890. The molecular weight excluding hydrogens is 300 g/mol. The zero-order valence-corrected chi connectivity index (χ0v) is 12.7. The van der Waals surface area contributed by atoms with Crippen LogP contribution in [0.5, 0.6) is 0 Å². The van der Waals surface area contributed by atoms with Gasteiger partial charge < -0.3 is 5.43 Å². The normalized spacial score (nSPS) is 16.5. The van der Waals surface area contributed by atoms with Crippen molar-refractivity contribution >= 4 is 27.4 Å². The molecule has 1 saturated carbocycles. The summed E-state index contributed by atoms with van der Waals surface area (Å²) in [6.45, 7) is 0.446. The van der Waals surface area contributed by atoms with Gasteiger partial charge in [-0.25, -0.2) is 24.0 Å². The highest BCUT2D eigenvalue weighted by Gasteiger charge is 2.19. The molecule has 1 aromatic heterocycles. The maximum Gasteiger partial charge on any atom is 0.242 e. The lowest BCUT2D eigenvalue weighted by Gasteiger charge is -2.11. The van der Waals surface area contributed by atoms with Gasteiger partial charge in [0.15, 0.2) is 5.82 Å². The van der Waals surface area contributed by atoms with Crippen molar-refractivity contribution in [1.82, 2.24) is 9.71 Å². The van der Waals surface area contributed by atoms with Gasteiger partial charge in [0.2, 0.25) is 10.0 Å². The predicted octanol–water partition coefficient (Wildman–Crippen LogP) is 1.88. The standard InChI is InChI=1S/C12H19ClN4O2S/c13-11-7-10(8-15-12(11)17-14)20(18,19)16-6-5-9-3-1-2-4-9/h7-9,16H,1-6,14H2,(H,15,17). The summed E-state index contributed by atoms with van der Waals surface area (Å²) in [4.78, 5) is 3.91. The first kappa shape index (κ1) is 15.5. The summed E-state index contributed by atoms with van der Waals surface area (Å²) in [6.07, 6.45) is 7.02. The molecule has 4 N–H and O–H groups in total. The first-order chi connectivity index (χ1) is 9.53. The first-order valence-electron chi connectivity index (χ1n) is 6.65. The Bertz CT molecular complexity index is 559. The van der Waals surface area contributed by atoms with E-state index in [0.717, 1.165) is 6.42 Å². The number of nitrogen functional groups attached to an aromatic ring is 1. The molecule has 8 heteroatoms. The fourth-order valence-corrected chi connectivity index (χ4v) is 3.76. The van der Waals surface area contributed by atoms with Gasteiger partial charge in [0, 0.05) is 12.7 Å². The monoisotopic (exact) mass is 318 g/mol. The number of sulfonamides is 1. The topological polar surface area (TPSA) is 97.1 Å². The molecule has 1 aromatic rings. The number of rotatable bonds is 6. The molecule has 0 amide bonds. The number of pyridine rings is 1. The number of hydrazine groups is 1. The van der Waals surface area contributed by atoms with Crippen LogP contribution in [-0.4, -0.2) is 19.9 Å². The highest BCUT2D eigenvalue weighted by Crippen LogP contribution is 2.27. The van der Waals surface area contributed by atoms with E-state index < -0.39 is 10.0 Å². The van der Waals surface area contributed by atoms with Gasteiger partial charge in [0.25, 0.3) is 0 Å². The van der Waals surface area contributed by atoms with Gasteiger partial charge in [0.05, 0.1) is 5.02 Å². The van der Waals surface area contributed by atoms with E-state index in [4.69, 9.17) is 17.4 Å². The predicted molar refractivity (Wildman–Crippen MR) is 78.8 cm³/mol. The fraction of sp³-hybridized carbons (Fsp3) is 0.583. The SMILES string of the molecule is NNc1ncc(S(=O)(=O)NCCC2CCCC2)cc1Cl. The minimum Gasteiger partial charge on any atom is -0.307 e. The molecule has 0 atom stereocenters. The number of nitrogens with two attached hydrogens (primary N) is 1. The van der Waals surface area contributed by atoms with E-state index in [1.165, 1.54) is 37.9 Å². The average Bonchev–Trinajstić information content (AvgIpc) is 2.91. The van der Waals surface area contributed by atoms with E-state index in [9.17, 15) is 8.42 Å². The van der Waals surface area contributed by atoms with E-state index in [0.29, 0.717) is 12.5 Å². The summed E-state index contributed by atoms with van der Waals surface area (Å²) < 4.78 is 26.8. The Kier molecular flexibility index (Phi) is 5.20. The van der Waals surface area contributed by atoms with Crippen LogP contribution in [-0.2, 0) is 10.0 Å². The maximum atomic E-state index is 12.1. The van der Waals surface area contributed by atoms with Crippen LogP contribution in [0.15, 0.2) is 17.2 Å². The van der Waals surface area contributed by atoms with E-state index in [1.54, 1.807) is 0 Å². The second kappa shape index (κ2) is 6.71. The Balaban J connectivity index is 1.96. The number of hydrogen-bond acceptors (Lipinski definition) is 5. The van der Waals surface area contributed by atoms with Gasteiger partial charge in [0.1, 0.15) is 4.90 Å². The summed E-state index contributed by atoms with van der Waals surface area (Å²) in [5.74, 6) is 6.09. The Morgan fingerprint density at radius 2 is 2.10 bits per heavy atom. The fourth-order valence-electron chi connectivity index (χ4n) is 2.45. The van der Waals surface area contributed by atoms with Crippen molar-refractivity contribution in [2.45, 2.75) is 37.0 Å². The molecule has 1 heterocycles. The lowest BCUT2D eigenvalue weighted by atomic mass is 10.1. The number of nitrogens with zero attached hydrogens (tertiary/aromatic N) is 1. The Morgan fingerprint density at radius 1 is 1.40 bits per heavy atom. The van der Waals surface area contributed by atoms with Crippen LogP contribution in [0.25, 0.3) is 0 Å². The van der Waals surface area contributed by atoms with Crippen LogP contribution < -0.4 is 16.0 Å². The van der Waals surface area contributed by atoms with Crippen molar-refractivity contribution in [2.75, 3.05) is 12.0 Å². The largest absolute Gasteiger partial charge is 0.307 e. The zero-order valence-electron chi connectivity index (χ0n) is 11.1. The van der Waals surface area contributed by atoms with E-state index >= 15 is 0 Å². The molecule has 0 bridgehead atoms. The zero-order chi connectivity index (χ0) is 14.6. The molecule has 0 unspecified atom stereocenters. The summed E-state index contributed by atoms with van der Waals surface area (Å²) in [5, 5.41) is 0.172. The van der Waals surface area contributed by atoms with Crippen LogP contribution in [0.4, 0.5) is 5.82 Å². The molecule has 0 aromatic carbocycles. The van der Waals surface area contributed by atoms with E-state index in [1.807, 2.05) is 0 Å². The summed E-state index contributed by atoms with van der Waals surface area (Å²) in [5.41, 5.74) is 2.30. The summed E-state index contributed by atoms with van der Waals surface area (Å²) >= 11 is 5.88. The van der Waals surface area contributed by atoms with Crippen LogP contribution in [0.1, 0.15) is 32.1 Å². The van der Waals surface area contributed by atoms with Crippen LogP contribution in [0.2, 0.25) is 5.02 Å². The molecular formula is C12H19ClN4O2S. The summed E-state index contributed by atoms with van der Waals surface area (Å²) in [7, 11) is -3.56. The molecule has 0 aliphatic heterocycles. The quantitative estimate of drug-likeness (QED) is 0.549. The number of anilines is 1. The van der Waals surface area contributed by atoms with Crippen LogP contribution in [0, 0.1) is 5.92 Å². The molecule has 6 nitrogen and oxygen atoms in total. The number of hydrogen-bond donors (Lipinski definition) is 3. The third kappa shape index (κ3) is 3.82. The number of aromatic nitrogens is 1. The third-order valence-electron chi connectivity index (χ3n) is 3.58. The van der Waals surface area contributed by atoms with Gasteiger partial charge in [-0.05, 0) is 18.4 Å². The van der Waals surface area contributed by atoms with E-state index in [2.05, 4.69) is 15.1 Å². The summed E-state index contributed by atoms with van der Waals surface area (Å²) in [6, 6.07) is 1.33. The minimum absolute atomic E-state index is 0.0490. The van der Waals surface area contributed by atoms with Gasteiger partial charge >= 0.3 is 0 Å². The van der Waals surface area contributed by atoms with Crippen molar-refractivity contribution < 1.29 is 8.42 Å². The second-order valence-electron chi connectivity index (χ2n) is 4.98. The molecule has 1 aliphatic carbocycles. The lowest BCUT2D eigenvalue weighted by molar-refractivity contribution is 0.495. The van der Waals surface area contributed by atoms with Crippen molar-refractivity contribution in [2.24, 2.45) is 11.8 Å². The van der Waals surface area contributed by atoms with Gasteiger partial charge in [-0.1, -0.05) is 37.3 Å². The average molecular weight is 319 g/mol. The van der Waals surface area contributed by atoms with E-state index in [-0.39, 0.29) is 15.7 Å². The van der Waals surface area contributed by atoms with Crippen LogP contribution >= 0.6 is 11.6 Å². The minimum atomic E-state index is -3.56. The van der Waals surface area contributed by atoms with Crippen molar-refractivity contribution in [3.8, 4) is 0 Å². The van der Waals surface area contributed by atoms with Gasteiger partial charge in [-0.3, -0.25) is 0 Å². The molecule has 20 heavy (non-hydrogen) atoms. The first-order valence-corrected chi connectivity index (χ1v) is 8.51. The highest BCUT2D eigenvalue weighted by molar-refractivity contribution is 7.89. The smallest absolute Gasteiger partial charge is 0.242 e. The molecule has 0 radical (unpaired) electrons. The molecule has 2 rings (SSSR count). The van der Waals surface area contributed by atoms with Gasteiger partial charge in [-0.2, -0.15) is 0 Å². The molecule has 0 spiro atoms. The molecule has 112 valence electrons. The van der Waals surface area contributed by atoms with Gasteiger partial charge in [-0.15, -0.1) is 0 Å². The van der Waals surface area contributed by atoms with Crippen LogP contribution in [0.3, 0.4) is 0 Å². The Labute approximate surface area is 124 Å². The third-order valence-corrected chi connectivity index (χ3v) is 5.30. The molecule has 1 fully saturated rings. The Morgan fingerprint density at radius 3 is 2.70 bits per heavy atom. The van der Waals surface area contributed by atoms with Crippen molar-refractivity contribution in [3.05, 3.63) is 17.3 Å². The number of nitrogens with one attached hydrogen (secondary N) is 2. The molecule has 0 saturated heterocycles. The maximum absolute atomic E-state index is 12.1. The highest BCUT2D eigenvalue weighted by atomic mass is 35.5. The molecule has 1 aliphatic rings. The number of halogens is 1.